The largest absolute Gasteiger partial charge is 0.497 e. The number of nitrogens with two attached hydrogens (primary N) is 1. The second-order valence-corrected chi connectivity index (χ2v) is 7.43. The highest BCUT2D eigenvalue weighted by molar-refractivity contribution is 7.15. The first-order valence-corrected chi connectivity index (χ1v) is 9.65. The summed E-state index contributed by atoms with van der Waals surface area (Å²) in [4.78, 5) is 12.3. The van der Waals surface area contributed by atoms with Crippen LogP contribution in [0.25, 0.3) is 0 Å². The average Bonchev–Trinajstić information content (AvgIpc) is 3.15. The summed E-state index contributed by atoms with van der Waals surface area (Å²) in [5.74, 6) is 0.347. The van der Waals surface area contributed by atoms with Gasteiger partial charge in [0.1, 0.15) is 10.8 Å². The van der Waals surface area contributed by atoms with E-state index in [2.05, 4.69) is 15.5 Å². The molecule has 1 heterocycles. The number of nitrogens with zero attached hydrogens (tertiary/aromatic N) is 2. The van der Waals surface area contributed by atoms with Gasteiger partial charge in [-0.05, 0) is 29.7 Å². The summed E-state index contributed by atoms with van der Waals surface area (Å²) >= 11 is 1.26. The lowest BCUT2D eigenvalue weighted by Crippen LogP contribution is -2.37. The number of benzene rings is 2. The molecule has 0 bridgehead atoms. The van der Waals surface area contributed by atoms with E-state index < -0.39 is 18.4 Å². The smallest absolute Gasteiger partial charge is 0.263 e. The monoisotopic (exact) mass is 418 g/mol. The van der Waals surface area contributed by atoms with Gasteiger partial charge in [0.25, 0.3) is 6.43 Å². The molecule has 0 saturated heterocycles. The van der Waals surface area contributed by atoms with Gasteiger partial charge < -0.3 is 10.5 Å². The minimum atomic E-state index is -2.52. The van der Waals surface area contributed by atoms with Gasteiger partial charge in [0.15, 0.2) is 0 Å². The number of anilines is 1. The fraction of sp³-hybridized carbons (Fsp3) is 0.250. The molecular formula is C20H20F2N4O2S. The van der Waals surface area contributed by atoms with Gasteiger partial charge in [0.05, 0.1) is 13.2 Å². The van der Waals surface area contributed by atoms with Gasteiger partial charge in [-0.25, -0.2) is 8.78 Å². The molecule has 6 nitrogen and oxygen atoms in total. The summed E-state index contributed by atoms with van der Waals surface area (Å²) in [6.07, 6.45) is -1.73. The number of ether oxygens (including phenoxy) is 1. The quantitative estimate of drug-likeness (QED) is 0.584. The van der Waals surface area contributed by atoms with Crippen LogP contribution in [0.15, 0.2) is 48.5 Å². The molecule has 3 N–H and O–H groups in total. The van der Waals surface area contributed by atoms with Crippen LogP contribution in [0.2, 0.25) is 0 Å². The molecule has 0 fully saturated rings. The van der Waals surface area contributed by atoms with Crippen molar-refractivity contribution in [3.05, 3.63) is 70.2 Å². The zero-order chi connectivity index (χ0) is 20.8. The molecule has 0 radical (unpaired) electrons. The van der Waals surface area contributed by atoms with Crippen molar-refractivity contribution < 1.29 is 18.3 Å². The van der Waals surface area contributed by atoms with Gasteiger partial charge in [0, 0.05) is 12.0 Å². The van der Waals surface area contributed by atoms with Crippen molar-refractivity contribution in [2.24, 2.45) is 5.73 Å². The predicted molar refractivity (Wildman–Crippen MR) is 107 cm³/mol. The van der Waals surface area contributed by atoms with Crippen molar-refractivity contribution in [1.82, 2.24) is 10.2 Å². The molecule has 1 unspecified atom stereocenters. The predicted octanol–water partition coefficient (Wildman–Crippen LogP) is 3.58. The van der Waals surface area contributed by atoms with Crippen LogP contribution in [-0.2, 0) is 17.6 Å². The molecule has 1 amide bonds. The van der Waals surface area contributed by atoms with Gasteiger partial charge >= 0.3 is 0 Å². The Bertz CT molecular complexity index is 963. The third-order valence-corrected chi connectivity index (χ3v) is 5.05. The third kappa shape index (κ3) is 5.78. The molecule has 0 aliphatic rings. The molecule has 0 aliphatic heterocycles. The Morgan fingerprint density at radius 2 is 1.93 bits per heavy atom. The molecule has 9 heteroatoms. The van der Waals surface area contributed by atoms with Crippen molar-refractivity contribution in [3.8, 4) is 5.75 Å². The van der Waals surface area contributed by atoms with Crippen molar-refractivity contribution in [2.45, 2.75) is 25.3 Å². The number of carbonyl (C=O) groups is 1. The molecule has 0 aliphatic carbocycles. The van der Waals surface area contributed by atoms with Crippen LogP contribution < -0.4 is 15.8 Å². The van der Waals surface area contributed by atoms with Gasteiger partial charge in [-0.1, -0.05) is 47.7 Å². The Balaban J connectivity index is 1.56. The van der Waals surface area contributed by atoms with E-state index in [4.69, 9.17) is 10.5 Å². The highest BCUT2D eigenvalue weighted by Gasteiger charge is 2.17. The van der Waals surface area contributed by atoms with Crippen molar-refractivity contribution in [1.29, 1.82) is 0 Å². The fourth-order valence-corrected chi connectivity index (χ4v) is 3.45. The van der Waals surface area contributed by atoms with Crippen LogP contribution >= 0.6 is 11.3 Å². The molecule has 29 heavy (non-hydrogen) atoms. The van der Waals surface area contributed by atoms with E-state index in [0.29, 0.717) is 17.1 Å². The molecule has 3 rings (SSSR count). The summed E-state index contributed by atoms with van der Waals surface area (Å²) in [5.41, 5.74) is 7.59. The zero-order valence-corrected chi connectivity index (χ0v) is 16.5. The van der Waals surface area contributed by atoms with Crippen LogP contribution in [0.1, 0.15) is 28.1 Å². The van der Waals surface area contributed by atoms with E-state index >= 15 is 0 Å². The van der Waals surface area contributed by atoms with Gasteiger partial charge in [0.2, 0.25) is 11.0 Å². The van der Waals surface area contributed by atoms with E-state index in [0.717, 1.165) is 16.3 Å². The van der Waals surface area contributed by atoms with Crippen LogP contribution in [0.3, 0.4) is 0 Å². The molecule has 152 valence electrons. The average molecular weight is 418 g/mol. The third-order valence-electron chi connectivity index (χ3n) is 4.21. The maximum Gasteiger partial charge on any atom is 0.263 e. The summed E-state index contributed by atoms with van der Waals surface area (Å²) in [7, 11) is 1.61. The van der Waals surface area contributed by atoms with E-state index in [1.54, 1.807) is 19.2 Å². The van der Waals surface area contributed by atoms with Crippen LogP contribution in [0, 0.1) is 0 Å². The van der Waals surface area contributed by atoms with Crippen molar-refractivity contribution in [3.63, 3.8) is 0 Å². The SMILES string of the molecule is COc1cccc(Cc2nnc(NC(=O)C(N)Cc3ccc(C(F)F)cc3)s2)c1. The number of rotatable bonds is 8. The Morgan fingerprint density at radius 1 is 1.17 bits per heavy atom. The maximum absolute atomic E-state index is 12.6. The fourth-order valence-electron chi connectivity index (χ4n) is 2.68. The molecule has 0 spiro atoms. The van der Waals surface area contributed by atoms with Crippen molar-refractivity contribution in [2.75, 3.05) is 12.4 Å². The minimum absolute atomic E-state index is 0.0656. The van der Waals surface area contributed by atoms with E-state index in [1.807, 2.05) is 24.3 Å². The van der Waals surface area contributed by atoms with Crippen molar-refractivity contribution >= 4 is 22.4 Å². The Hall–Kier alpha value is -2.91. The number of aromatic nitrogens is 2. The first-order valence-electron chi connectivity index (χ1n) is 8.83. The van der Waals surface area contributed by atoms with E-state index in [-0.39, 0.29) is 12.0 Å². The first kappa shape index (κ1) is 20.8. The Labute approximate surface area is 170 Å². The number of amides is 1. The normalized spacial score (nSPS) is 12.0. The highest BCUT2D eigenvalue weighted by Crippen LogP contribution is 2.22. The summed E-state index contributed by atoms with van der Waals surface area (Å²) < 4.78 is 30.4. The number of hydrogen-bond donors (Lipinski definition) is 2. The molecular weight excluding hydrogens is 398 g/mol. The zero-order valence-electron chi connectivity index (χ0n) is 15.6. The Morgan fingerprint density at radius 3 is 2.62 bits per heavy atom. The number of nitrogens with one attached hydrogen (secondary N) is 1. The van der Waals surface area contributed by atoms with E-state index in [1.165, 1.54) is 23.5 Å². The number of carbonyl (C=O) groups excluding carboxylic acids is 1. The lowest BCUT2D eigenvalue weighted by atomic mass is 10.0. The van der Waals surface area contributed by atoms with Crippen LogP contribution in [0.5, 0.6) is 5.75 Å². The molecule has 0 saturated carbocycles. The van der Waals surface area contributed by atoms with Crippen LogP contribution in [-0.4, -0.2) is 29.3 Å². The number of halogens is 2. The maximum atomic E-state index is 12.6. The number of methoxy groups -OCH3 is 1. The number of hydrogen-bond acceptors (Lipinski definition) is 6. The lowest BCUT2D eigenvalue weighted by Gasteiger charge is -2.11. The molecule has 1 atom stereocenters. The molecule has 3 aromatic rings. The topological polar surface area (TPSA) is 90.1 Å². The van der Waals surface area contributed by atoms with Gasteiger partial charge in [-0.15, -0.1) is 10.2 Å². The second-order valence-electron chi connectivity index (χ2n) is 6.37. The standard InChI is InChI=1S/C20H20F2N4O2S/c1-28-15-4-2-3-13(9-15)11-17-25-26-20(29-17)24-19(27)16(23)10-12-5-7-14(8-6-12)18(21)22/h2-9,16,18H,10-11,23H2,1H3,(H,24,26,27). The summed E-state index contributed by atoms with van der Waals surface area (Å²) in [6.45, 7) is 0. The second kappa shape index (κ2) is 9.53. The minimum Gasteiger partial charge on any atom is -0.497 e. The Kier molecular flexibility index (Phi) is 6.84. The first-order chi connectivity index (χ1) is 13.9. The van der Waals surface area contributed by atoms with E-state index in [9.17, 15) is 13.6 Å². The lowest BCUT2D eigenvalue weighted by molar-refractivity contribution is -0.117. The van der Waals surface area contributed by atoms with Gasteiger partial charge in [-0.3, -0.25) is 10.1 Å². The summed E-state index contributed by atoms with van der Waals surface area (Å²) in [6, 6.07) is 12.5. The highest BCUT2D eigenvalue weighted by atomic mass is 32.1. The number of alkyl halides is 2. The van der Waals surface area contributed by atoms with Gasteiger partial charge in [-0.2, -0.15) is 0 Å². The van der Waals surface area contributed by atoms with Crippen LogP contribution in [0.4, 0.5) is 13.9 Å². The summed E-state index contributed by atoms with van der Waals surface area (Å²) in [5, 5.41) is 11.8. The molecule has 1 aromatic heterocycles. The molecule has 2 aromatic carbocycles.